The maximum atomic E-state index is 10.9. The topological polar surface area (TPSA) is 61.1 Å². The summed E-state index contributed by atoms with van der Waals surface area (Å²) in [6, 6.07) is 2.09. The molecule has 1 unspecified atom stereocenters. The van der Waals surface area contributed by atoms with Crippen LogP contribution in [-0.2, 0) is 4.79 Å². The van der Waals surface area contributed by atoms with Crippen molar-refractivity contribution in [2.24, 2.45) is 11.3 Å². The van der Waals surface area contributed by atoms with E-state index in [2.05, 4.69) is 6.07 Å². The van der Waals surface area contributed by atoms with Crippen molar-refractivity contribution in [2.45, 2.75) is 32.6 Å². The van der Waals surface area contributed by atoms with Crippen molar-refractivity contribution < 1.29 is 9.90 Å². The van der Waals surface area contributed by atoms with Crippen LogP contribution in [0.1, 0.15) is 32.6 Å². The van der Waals surface area contributed by atoms with Gasteiger partial charge in [0.25, 0.3) is 0 Å². The SMILES string of the molecule is CCC(C#N)C1(C(=O)O)CCC1. The minimum absolute atomic E-state index is 0.302. The summed E-state index contributed by atoms with van der Waals surface area (Å²) in [7, 11) is 0. The Morgan fingerprint density at radius 3 is 2.42 bits per heavy atom. The maximum Gasteiger partial charge on any atom is 0.310 e. The Morgan fingerprint density at radius 1 is 1.75 bits per heavy atom. The number of carboxylic acids is 1. The smallest absolute Gasteiger partial charge is 0.310 e. The van der Waals surface area contributed by atoms with Crippen molar-refractivity contribution in [3.05, 3.63) is 0 Å². The zero-order valence-electron chi connectivity index (χ0n) is 7.21. The van der Waals surface area contributed by atoms with E-state index in [-0.39, 0.29) is 5.92 Å². The molecule has 0 radical (unpaired) electrons. The Balaban J connectivity index is 2.80. The summed E-state index contributed by atoms with van der Waals surface area (Å²) in [5.41, 5.74) is -0.705. The first-order valence-electron chi connectivity index (χ1n) is 4.30. The minimum atomic E-state index is -0.790. The molecule has 0 aliphatic heterocycles. The highest BCUT2D eigenvalue weighted by Gasteiger charge is 2.50. The summed E-state index contributed by atoms with van der Waals surface area (Å²) in [5, 5.41) is 17.7. The molecule has 0 heterocycles. The first-order valence-corrected chi connectivity index (χ1v) is 4.30. The molecule has 66 valence electrons. The quantitative estimate of drug-likeness (QED) is 0.697. The highest BCUT2D eigenvalue weighted by molar-refractivity contribution is 5.76. The summed E-state index contributed by atoms with van der Waals surface area (Å²) in [4.78, 5) is 10.9. The van der Waals surface area contributed by atoms with E-state index in [1.165, 1.54) is 0 Å². The van der Waals surface area contributed by atoms with Gasteiger partial charge in [-0.3, -0.25) is 4.79 Å². The van der Waals surface area contributed by atoms with Crippen molar-refractivity contribution in [2.75, 3.05) is 0 Å². The van der Waals surface area contributed by atoms with E-state index in [4.69, 9.17) is 10.4 Å². The van der Waals surface area contributed by atoms with Gasteiger partial charge in [-0.15, -0.1) is 0 Å². The predicted octanol–water partition coefficient (Wildman–Crippen LogP) is 1.79. The third-order valence-corrected chi connectivity index (χ3v) is 2.90. The standard InChI is InChI=1S/C9H13NO2/c1-2-7(6-10)9(8(11)12)4-3-5-9/h7H,2-5H2,1H3,(H,11,12). The van der Waals surface area contributed by atoms with E-state index in [1.807, 2.05) is 6.92 Å². The normalized spacial score (nSPS) is 22.0. The Bertz CT molecular complexity index is 225. The molecule has 3 nitrogen and oxygen atoms in total. The van der Waals surface area contributed by atoms with Gasteiger partial charge in [0.15, 0.2) is 0 Å². The fourth-order valence-electron chi connectivity index (χ4n) is 1.87. The van der Waals surface area contributed by atoms with Crippen molar-refractivity contribution in [1.82, 2.24) is 0 Å². The van der Waals surface area contributed by atoms with Crippen molar-refractivity contribution >= 4 is 5.97 Å². The molecule has 0 aromatic heterocycles. The first kappa shape index (κ1) is 9.05. The van der Waals surface area contributed by atoms with Gasteiger partial charge in [0, 0.05) is 0 Å². The second-order valence-electron chi connectivity index (χ2n) is 3.40. The van der Waals surface area contributed by atoms with Gasteiger partial charge in [-0.2, -0.15) is 5.26 Å². The number of rotatable bonds is 3. The summed E-state index contributed by atoms with van der Waals surface area (Å²) in [6.45, 7) is 1.87. The second-order valence-corrected chi connectivity index (χ2v) is 3.40. The van der Waals surface area contributed by atoms with Crippen LogP contribution in [0.2, 0.25) is 0 Å². The number of carbonyl (C=O) groups is 1. The average Bonchev–Trinajstić information content (AvgIpc) is 1.95. The average molecular weight is 167 g/mol. The molecule has 1 atom stereocenters. The number of nitriles is 1. The van der Waals surface area contributed by atoms with Gasteiger partial charge in [-0.05, 0) is 19.3 Å². The highest BCUT2D eigenvalue weighted by atomic mass is 16.4. The van der Waals surface area contributed by atoms with E-state index in [0.29, 0.717) is 19.3 Å². The van der Waals surface area contributed by atoms with Crippen LogP contribution in [0.25, 0.3) is 0 Å². The molecule has 1 rings (SSSR count). The van der Waals surface area contributed by atoms with Gasteiger partial charge >= 0.3 is 5.97 Å². The number of aliphatic carboxylic acids is 1. The third-order valence-electron chi connectivity index (χ3n) is 2.90. The fraction of sp³-hybridized carbons (Fsp3) is 0.778. The molecule has 1 aliphatic carbocycles. The van der Waals surface area contributed by atoms with Crippen LogP contribution in [0.4, 0.5) is 0 Å². The number of carboxylic acid groups (broad SMARTS) is 1. The fourth-order valence-corrected chi connectivity index (χ4v) is 1.87. The molecule has 1 fully saturated rings. The molecular weight excluding hydrogens is 154 g/mol. The largest absolute Gasteiger partial charge is 0.481 e. The lowest BCUT2D eigenvalue weighted by molar-refractivity contribution is -0.158. The van der Waals surface area contributed by atoms with Crippen molar-refractivity contribution in [1.29, 1.82) is 5.26 Å². The Morgan fingerprint density at radius 2 is 2.33 bits per heavy atom. The number of hydrogen-bond donors (Lipinski definition) is 1. The zero-order valence-corrected chi connectivity index (χ0v) is 7.21. The lowest BCUT2D eigenvalue weighted by Crippen LogP contribution is -2.43. The van der Waals surface area contributed by atoms with Crippen LogP contribution >= 0.6 is 0 Å². The molecule has 3 heteroatoms. The van der Waals surface area contributed by atoms with Crippen LogP contribution in [0.3, 0.4) is 0 Å². The van der Waals surface area contributed by atoms with Crippen LogP contribution in [0, 0.1) is 22.7 Å². The van der Waals surface area contributed by atoms with Crippen LogP contribution < -0.4 is 0 Å². The van der Waals surface area contributed by atoms with E-state index in [0.717, 1.165) is 6.42 Å². The third kappa shape index (κ3) is 1.08. The van der Waals surface area contributed by atoms with Gasteiger partial charge in [0.2, 0.25) is 0 Å². The van der Waals surface area contributed by atoms with Crippen molar-refractivity contribution in [3.63, 3.8) is 0 Å². The molecule has 0 aromatic carbocycles. The van der Waals surface area contributed by atoms with Crippen LogP contribution in [0.5, 0.6) is 0 Å². The zero-order chi connectivity index (χ0) is 9.19. The number of hydrogen-bond acceptors (Lipinski definition) is 2. The summed E-state index contributed by atoms with van der Waals surface area (Å²) in [5.74, 6) is -1.09. The van der Waals surface area contributed by atoms with E-state index >= 15 is 0 Å². The molecule has 0 bridgehead atoms. The Kier molecular flexibility index (Phi) is 2.37. The summed E-state index contributed by atoms with van der Waals surface area (Å²) < 4.78 is 0. The van der Waals surface area contributed by atoms with Gasteiger partial charge in [-0.25, -0.2) is 0 Å². The lowest BCUT2D eigenvalue weighted by Gasteiger charge is -2.40. The summed E-state index contributed by atoms with van der Waals surface area (Å²) >= 11 is 0. The van der Waals surface area contributed by atoms with E-state index in [9.17, 15) is 4.79 Å². The minimum Gasteiger partial charge on any atom is -0.481 e. The van der Waals surface area contributed by atoms with Crippen LogP contribution in [-0.4, -0.2) is 11.1 Å². The van der Waals surface area contributed by atoms with Gasteiger partial charge in [0.1, 0.15) is 0 Å². The molecule has 0 spiro atoms. The van der Waals surface area contributed by atoms with Gasteiger partial charge in [-0.1, -0.05) is 13.3 Å². The molecule has 1 aliphatic rings. The predicted molar refractivity (Wildman–Crippen MR) is 43.3 cm³/mol. The highest BCUT2D eigenvalue weighted by Crippen LogP contribution is 2.48. The Hall–Kier alpha value is -1.04. The molecule has 1 N–H and O–H groups in total. The number of nitrogens with zero attached hydrogens (tertiary/aromatic N) is 1. The molecule has 0 saturated heterocycles. The second kappa shape index (κ2) is 3.14. The van der Waals surface area contributed by atoms with Crippen LogP contribution in [0.15, 0.2) is 0 Å². The lowest BCUT2D eigenvalue weighted by atomic mass is 9.61. The molecular formula is C9H13NO2. The van der Waals surface area contributed by atoms with Gasteiger partial charge < -0.3 is 5.11 Å². The maximum absolute atomic E-state index is 10.9. The molecule has 1 saturated carbocycles. The monoisotopic (exact) mass is 167 g/mol. The van der Waals surface area contributed by atoms with Gasteiger partial charge in [0.05, 0.1) is 17.4 Å². The first-order chi connectivity index (χ1) is 5.67. The molecule has 0 aromatic rings. The van der Waals surface area contributed by atoms with Crippen molar-refractivity contribution in [3.8, 4) is 6.07 Å². The Labute approximate surface area is 72.0 Å². The molecule has 0 amide bonds. The molecule has 12 heavy (non-hydrogen) atoms. The summed E-state index contributed by atoms with van der Waals surface area (Å²) in [6.07, 6.45) is 2.94. The van der Waals surface area contributed by atoms with E-state index < -0.39 is 11.4 Å². The van der Waals surface area contributed by atoms with E-state index in [1.54, 1.807) is 0 Å².